The Morgan fingerprint density at radius 3 is 2.90 bits per heavy atom. The Balaban J connectivity index is 2.27. The largest absolute Gasteiger partial charge is 0.384 e. The molecular weight excluding hydrogens is 252 g/mol. The lowest BCUT2D eigenvalue weighted by atomic mass is 10.1. The number of nitrogens with zero attached hydrogens (tertiary/aromatic N) is 2. The number of aliphatic hydroxyl groups excluding tert-OH is 1. The summed E-state index contributed by atoms with van der Waals surface area (Å²) in [4.78, 5) is 18.8. The van der Waals surface area contributed by atoms with Crippen molar-refractivity contribution in [1.82, 2.24) is 9.88 Å². The molecule has 0 saturated heterocycles. The Labute approximate surface area is 119 Å². The molecule has 0 atom stereocenters. The van der Waals surface area contributed by atoms with Crippen LogP contribution in [0.1, 0.15) is 48.7 Å². The molecule has 1 aromatic rings. The van der Waals surface area contributed by atoms with E-state index in [0.29, 0.717) is 23.8 Å². The summed E-state index contributed by atoms with van der Waals surface area (Å²) in [7, 11) is 0. The van der Waals surface area contributed by atoms with E-state index in [4.69, 9.17) is 5.11 Å². The lowest BCUT2D eigenvalue weighted by Crippen LogP contribution is -2.39. The van der Waals surface area contributed by atoms with Crippen molar-refractivity contribution in [2.45, 2.75) is 38.6 Å². The number of aliphatic hydroxyl groups is 1. The molecule has 2 rings (SSSR count). The number of pyridine rings is 1. The molecule has 0 unspecified atom stereocenters. The third kappa shape index (κ3) is 3.17. The summed E-state index contributed by atoms with van der Waals surface area (Å²) in [5.41, 5.74) is 0.977. The lowest BCUT2D eigenvalue weighted by Gasteiger charge is -2.27. The fourth-order valence-corrected chi connectivity index (χ4v) is 2.73. The second-order valence-corrected chi connectivity index (χ2v) is 4.89. The Bertz CT molecular complexity index is 525. The first kappa shape index (κ1) is 14.5. The van der Waals surface area contributed by atoms with E-state index in [1.54, 1.807) is 18.3 Å². The number of carbonyl (C=O) groups excluding carboxylic acids is 1. The van der Waals surface area contributed by atoms with Crippen LogP contribution in [0.4, 0.5) is 0 Å². The zero-order chi connectivity index (χ0) is 14.4. The van der Waals surface area contributed by atoms with Gasteiger partial charge < -0.3 is 10.0 Å². The smallest absolute Gasteiger partial charge is 0.273 e. The van der Waals surface area contributed by atoms with Gasteiger partial charge in [0.2, 0.25) is 0 Å². The molecule has 0 bridgehead atoms. The molecule has 4 heteroatoms. The number of amides is 1. The van der Waals surface area contributed by atoms with Crippen LogP contribution in [0.5, 0.6) is 0 Å². The molecule has 0 spiro atoms. The van der Waals surface area contributed by atoms with Crippen LogP contribution in [0.15, 0.2) is 18.3 Å². The fraction of sp³-hybridized carbons (Fsp3) is 0.500. The first-order chi connectivity index (χ1) is 9.77. The maximum absolute atomic E-state index is 12.7. The Morgan fingerprint density at radius 2 is 2.25 bits per heavy atom. The van der Waals surface area contributed by atoms with Gasteiger partial charge in [0.25, 0.3) is 5.91 Å². The first-order valence-electron chi connectivity index (χ1n) is 7.13. The highest BCUT2D eigenvalue weighted by molar-refractivity contribution is 5.95. The van der Waals surface area contributed by atoms with Crippen molar-refractivity contribution in [3.8, 4) is 11.8 Å². The van der Waals surface area contributed by atoms with Gasteiger partial charge in [0.15, 0.2) is 0 Å². The van der Waals surface area contributed by atoms with E-state index in [0.717, 1.165) is 12.8 Å². The lowest BCUT2D eigenvalue weighted by molar-refractivity contribution is 0.0687. The number of hydrogen-bond acceptors (Lipinski definition) is 3. The maximum atomic E-state index is 12.7. The summed E-state index contributed by atoms with van der Waals surface area (Å²) in [6.45, 7) is 2.47. The van der Waals surface area contributed by atoms with Crippen molar-refractivity contribution < 1.29 is 9.90 Å². The third-order valence-corrected chi connectivity index (χ3v) is 3.68. The molecule has 0 radical (unpaired) electrons. The molecule has 4 nitrogen and oxygen atoms in total. The van der Waals surface area contributed by atoms with Crippen LogP contribution in [0.25, 0.3) is 0 Å². The second-order valence-electron chi connectivity index (χ2n) is 4.89. The van der Waals surface area contributed by atoms with Crippen LogP contribution in [-0.2, 0) is 0 Å². The molecule has 0 aliphatic heterocycles. The van der Waals surface area contributed by atoms with Crippen LogP contribution in [0, 0.1) is 11.8 Å². The minimum atomic E-state index is -0.220. The minimum Gasteiger partial charge on any atom is -0.384 e. The molecule has 1 fully saturated rings. The predicted octanol–water partition coefficient (Wildman–Crippen LogP) is 1.83. The summed E-state index contributed by atoms with van der Waals surface area (Å²) in [6.07, 6.45) is 6.13. The molecule has 0 aromatic carbocycles. The monoisotopic (exact) mass is 272 g/mol. The van der Waals surface area contributed by atoms with Crippen molar-refractivity contribution in [3.63, 3.8) is 0 Å². The van der Waals surface area contributed by atoms with Gasteiger partial charge in [-0.25, -0.2) is 4.98 Å². The van der Waals surface area contributed by atoms with Crippen LogP contribution in [0.3, 0.4) is 0 Å². The van der Waals surface area contributed by atoms with Gasteiger partial charge in [-0.3, -0.25) is 4.79 Å². The van der Waals surface area contributed by atoms with Crippen molar-refractivity contribution in [2.24, 2.45) is 0 Å². The summed E-state index contributed by atoms with van der Waals surface area (Å²) in [5, 5.41) is 8.80. The van der Waals surface area contributed by atoms with Crippen LogP contribution in [-0.4, -0.2) is 40.1 Å². The van der Waals surface area contributed by atoms with E-state index in [2.05, 4.69) is 16.8 Å². The number of hydrogen-bond donors (Lipinski definition) is 1. The summed E-state index contributed by atoms with van der Waals surface area (Å²) in [5.74, 6) is 5.33. The van der Waals surface area contributed by atoms with Crippen molar-refractivity contribution in [1.29, 1.82) is 0 Å². The molecule has 1 heterocycles. The number of rotatable bonds is 3. The average Bonchev–Trinajstić information content (AvgIpc) is 3.00. The van der Waals surface area contributed by atoms with Gasteiger partial charge in [-0.15, -0.1) is 0 Å². The highest BCUT2D eigenvalue weighted by Gasteiger charge is 2.27. The van der Waals surface area contributed by atoms with Crippen LogP contribution < -0.4 is 0 Å². The topological polar surface area (TPSA) is 53.4 Å². The van der Waals surface area contributed by atoms with E-state index < -0.39 is 0 Å². The normalized spacial score (nSPS) is 14.7. The number of aromatic nitrogens is 1. The predicted molar refractivity (Wildman–Crippen MR) is 77.2 cm³/mol. The summed E-state index contributed by atoms with van der Waals surface area (Å²) < 4.78 is 0. The van der Waals surface area contributed by atoms with Gasteiger partial charge in [-0.2, -0.15) is 0 Å². The van der Waals surface area contributed by atoms with E-state index in [9.17, 15) is 4.79 Å². The molecule has 1 saturated carbocycles. The second kappa shape index (κ2) is 7.06. The molecule has 20 heavy (non-hydrogen) atoms. The standard InChI is InChI=1S/C16H20N2O2/c1-2-18(14-9-3-4-10-14)16(20)15-13(8-6-12-19)7-5-11-17-15/h5,7,11,14,19H,2-4,9-10,12H2,1H3. The van der Waals surface area contributed by atoms with Gasteiger partial charge in [0, 0.05) is 18.8 Å². The zero-order valence-corrected chi connectivity index (χ0v) is 11.8. The molecule has 1 aromatic heterocycles. The third-order valence-electron chi connectivity index (χ3n) is 3.68. The van der Waals surface area contributed by atoms with Gasteiger partial charge in [-0.05, 0) is 31.9 Å². The highest BCUT2D eigenvalue weighted by atomic mass is 16.2. The van der Waals surface area contributed by atoms with E-state index in [1.165, 1.54) is 12.8 Å². The van der Waals surface area contributed by atoms with E-state index in [1.807, 2.05) is 11.8 Å². The molecular formula is C16H20N2O2. The molecule has 1 N–H and O–H groups in total. The minimum absolute atomic E-state index is 0.0535. The summed E-state index contributed by atoms with van der Waals surface area (Å²) in [6, 6.07) is 3.85. The number of carbonyl (C=O) groups is 1. The van der Waals surface area contributed by atoms with E-state index in [-0.39, 0.29) is 12.5 Å². The maximum Gasteiger partial charge on any atom is 0.273 e. The molecule has 1 amide bonds. The van der Waals surface area contributed by atoms with Gasteiger partial charge in [-0.1, -0.05) is 24.7 Å². The highest BCUT2D eigenvalue weighted by Crippen LogP contribution is 2.24. The summed E-state index contributed by atoms with van der Waals surface area (Å²) >= 11 is 0. The van der Waals surface area contributed by atoms with E-state index >= 15 is 0 Å². The quantitative estimate of drug-likeness (QED) is 0.854. The molecule has 1 aliphatic rings. The van der Waals surface area contributed by atoms with Crippen molar-refractivity contribution >= 4 is 5.91 Å². The van der Waals surface area contributed by atoms with Gasteiger partial charge in [0.1, 0.15) is 12.3 Å². The Hall–Kier alpha value is -1.86. The van der Waals surface area contributed by atoms with Crippen molar-refractivity contribution in [3.05, 3.63) is 29.6 Å². The van der Waals surface area contributed by atoms with Crippen molar-refractivity contribution in [2.75, 3.05) is 13.2 Å². The van der Waals surface area contributed by atoms with Gasteiger partial charge >= 0.3 is 0 Å². The van der Waals surface area contributed by atoms with Crippen LogP contribution in [0.2, 0.25) is 0 Å². The average molecular weight is 272 g/mol. The Morgan fingerprint density at radius 1 is 1.50 bits per heavy atom. The molecule has 106 valence electrons. The first-order valence-corrected chi connectivity index (χ1v) is 7.13. The van der Waals surface area contributed by atoms with Gasteiger partial charge in [0.05, 0.1) is 5.56 Å². The fourth-order valence-electron chi connectivity index (χ4n) is 2.73. The Kier molecular flexibility index (Phi) is 5.14. The zero-order valence-electron chi connectivity index (χ0n) is 11.8. The molecule has 1 aliphatic carbocycles. The van der Waals surface area contributed by atoms with Crippen LogP contribution >= 0.6 is 0 Å². The SMILES string of the molecule is CCN(C(=O)c1ncccc1C#CCO)C1CCCC1.